The largest absolute Gasteiger partial charge is 0.497 e. The third-order valence-corrected chi connectivity index (χ3v) is 5.27. The molecule has 1 heterocycles. The van der Waals surface area contributed by atoms with Gasteiger partial charge in [-0.2, -0.15) is 0 Å². The molecule has 1 saturated heterocycles. The zero-order chi connectivity index (χ0) is 17.5. The molecular formula is C20H31NO4. The first kappa shape index (κ1) is 18.6. The zero-order valence-corrected chi connectivity index (χ0v) is 15.3. The Balaban J connectivity index is 1.40. The Kier molecular flexibility index (Phi) is 6.70. The summed E-state index contributed by atoms with van der Waals surface area (Å²) in [5, 5.41) is 10.3. The molecule has 1 saturated carbocycles. The monoisotopic (exact) mass is 349 g/mol. The fraction of sp³-hybridized carbons (Fsp3) is 0.700. The Labute approximate surface area is 150 Å². The minimum Gasteiger partial charge on any atom is -0.497 e. The van der Waals surface area contributed by atoms with Gasteiger partial charge in [0.1, 0.15) is 5.75 Å². The standard InChI is InChI=1S/C20H31NO4/c1-23-19-7-5-6-17(12-19)14-24-15-18(22)13-21-10-11-25-20(16-21)8-3-2-4-9-20/h5-7,12,18,22H,2-4,8-11,13-16H2,1H3. The van der Waals surface area contributed by atoms with Crippen molar-refractivity contribution in [3.63, 3.8) is 0 Å². The molecule has 0 aromatic heterocycles. The van der Waals surface area contributed by atoms with Crippen LogP contribution in [0.5, 0.6) is 5.75 Å². The molecule has 2 aliphatic rings. The highest BCUT2D eigenvalue weighted by Crippen LogP contribution is 2.34. The molecule has 1 N–H and O–H groups in total. The van der Waals surface area contributed by atoms with Gasteiger partial charge in [-0.1, -0.05) is 31.4 Å². The van der Waals surface area contributed by atoms with Crippen molar-refractivity contribution in [1.29, 1.82) is 0 Å². The van der Waals surface area contributed by atoms with Gasteiger partial charge in [0, 0.05) is 19.6 Å². The molecule has 1 atom stereocenters. The molecule has 25 heavy (non-hydrogen) atoms. The maximum Gasteiger partial charge on any atom is 0.119 e. The van der Waals surface area contributed by atoms with Gasteiger partial charge in [0.2, 0.25) is 0 Å². The lowest BCUT2D eigenvalue weighted by atomic mass is 9.83. The number of benzene rings is 1. The first-order valence-corrected chi connectivity index (χ1v) is 9.44. The van der Waals surface area contributed by atoms with Gasteiger partial charge in [-0.15, -0.1) is 0 Å². The Morgan fingerprint density at radius 1 is 1.28 bits per heavy atom. The lowest BCUT2D eigenvalue weighted by Crippen LogP contribution is -2.54. The second-order valence-corrected chi connectivity index (χ2v) is 7.35. The third kappa shape index (κ3) is 5.42. The summed E-state index contributed by atoms with van der Waals surface area (Å²) in [7, 11) is 1.66. The van der Waals surface area contributed by atoms with E-state index in [4.69, 9.17) is 14.2 Å². The molecule has 0 radical (unpaired) electrons. The van der Waals surface area contributed by atoms with E-state index in [1.54, 1.807) is 7.11 Å². The number of hydrogen-bond acceptors (Lipinski definition) is 5. The molecule has 1 aromatic carbocycles. The number of β-amino-alcohol motifs (C(OH)–C–C–N with tert-alkyl or cyclic N) is 1. The molecule has 0 bridgehead atoms. The Bertz CT molecular complexity index is 525. The third-order valence-electron chi connectivity index (χ3n) is 5.27. The number of hydrogen-bond donors (Lipinski definition) is 1. The predicted octanol–water partition coefficient (Wildman–Crippen LogP) is 2.61. The normalized spacial score (nSPS) is 22.0. The summed E-state index contributed by atoms with van der Waals surface area (Å²) in [5.74, 6) is 0.827. The first-order valence-electron chi connectivity index (χ1n) is 9.44. The lowest BCUT2D eigenvalue weighted by molar-refractivity contribution is -0.134. The first-order chi connectivity index (χ1) is 12.2. The summed E-state index contributed by atoms with van der Waals surface area (Å²) < 4.78 is 17.0. The average molecular weight is 349 g/mol. The number of aliphatic hydroxyl groups is 1. The average Bonchev–Trinajstić information content (AvgIpc) is 2.62. The van der Waals surface area contributed by atoms with E-state index in [-0.39, 0.29) is 5.60 Å². The van der Waals surface area contributed by atoms with Crippen molar-refractivity contribution >= 4 is 0 Å². The van der Waals surface area contributed by atoms with E-state index < -0.39 is 6.10 Å². The van der Waals surface area contributed by atoms with E-state index in [0.717, 1.165) is 43.9 Å². The maximum absolute atomic E-state index is 10.3. The summed E-state index contributed by atoms with van der Waals surface area (Å²) in [5.41, 5.74) is 1.09. The van der Waals surface area contributed by atoms with Crippen LogP contribution >= 0.6 is 0 Å². The lowest BCUT2D eigenvalue weighted by Gasteiger charge is -2.45. The summed E-state index contributed by atoms with van der Waals surface area (Å²) >= 11 is 0. The summed E-state index contributed by atoms with van der Waals surface area (Å²) in [6.45, 7) is 4.11. The second kappa shape index (κ2) is 8.99. The molecule has 5 nitrogen and oxygen atoms in total. The van der Waals surface area contributed by atoms with Crippen LogP contribution in [-0.4, -0.2) is 61.7 Å². The van der Waals surface area contributed by atoms with Gasteiger partial charge in [0.25, 0.3) is 0 Å². The fourth-order valence-electron chi connectivity index (χ4n) is 4.00. The highest BCUT2D eigenvalue weighted by atomic mass is 16.5. The smallest absolute Gasteiger partial charge is 0.119 e. The van der Waals surface area contributed by atoms with Gasteiger partial charge in [-0.3, -0.25) is 4.90 Å². The van der Waals surface area contributed by atoms with E-state index in [1.165, 1.54) is 19.3 Å². The number of aliphatic hydroxyl groups excluding tert-OH is 1. The van der Waals surface area contributed by atoms with Crippen LogP contribution in [0.25, 0.3) is 0 Å². The van der Waals surface area contributed by atoms with Crippen LogP contribution < -0.4 is 4.74 Å². The Morgan fingerprint density at radius 3 is 2.92 bits per heavy atom. The van der Waals surface area contributed by atoms with E-state index in [1.807, 2.05) is 24.3 Å². The molecule has 1 spiro atoms. The van der Waals surface area contributed by atoms with Gasteiger partial charge in [0.05, 0.1) is 38.6 Å². The van der Waals surface area contributed by atoms with Crippen LogP contribution in [0.1, 0.15) is 37.7 Å². The fourth-order valence-corrected chi connectivity index (χ4v) is 4.00. The quantitative estimate of drug-likeness (QED) is 0.820. The van der Waals surface area contributed by atoms with Crippen molar-refractivity contribution in [2.45, 2.75) is 50.4 Å². The molecule has 1 aliphatic carbocycles. The summed E-state index contributed by atoms with van der Waals surface area (Å²) in [6, 6.07) is 7.83. The zero-order valence-electron chi connectivity index (χ0n) is 15.3. The van der Waals surface area contributed by atoms with E-state index in [2.05, 4.69) is 4.90 Å². The summed E-state index contributed by atoms with van der Waals surface area (Å²) in [4.78, 5) is 2.34. The number of ether oxygens (including phenoxy) is 3. The SMILES string of the molecule is COc1cccc(COCC(O)CN2CCOC3(CCCCC3)C2)c1. The molecule has 1 aliphatic heterocycles. The van der Waals surface area contributed by atoms with Crippen molar-refractivity contribution in [1.82, 2.24) is 4.90 Å². The van der Waals surface area contributed by atoms with E-state index in [0.29, 0.717) is 19.8 Å². The highest BCUT2D eigenvalue weighted by molar-refractivity contribution is 5.27. The molecule has 1 unspecified atom stereocenters. The van der Waals surface area contributed by atoms with Crippen molar-refractivity contribution in [3.8, 4) is 5.75 Å². The molecular weight excluding hydrogens is 318 g/mol. The number of nitrogens with zero attached hydrogens (tertiary/aromatic N) is 1. The van der Waals surface area contributed by atoms with Crippen LogP contribution in [0.2, 0.25) is 0 Å². The minimum absolute atomic E-state index is 0.0394. The predicted molar refractivity (Wildman–Crippen MR) is 96.9 cm³/mol. The van der Waals surface area contributed by atoms with Gasteiger partial charge in [-0.05, 0) is 30.5 Å². The van der Waals surface area contributed by atoms with Crippen LogP contribution in [0, 0.1) is 0 Å². The van der Waals surface area contributed by atoms with Crippen molar-refractivity contribution in [2.75, 3.05) is 40.0 Å². The highest BCUT2D eigenvalue weighted by Gasteiger charge is 2.37. The molecule has 140 valence electrons. The second-order valence-electron chi connectivity index (χ2n) is 7.35. The number of methoxy groups -OCH3 is 1. The van der Waals surface area contributed by atoms with Gasteiger partial charge in [-0.25, -0.2) is 0 Å². The minimum atomic E-state index is -0.468. The van der Waals surface area contributed by atoms with Crippen molar-refractivity contribution < 1.29 is 19.3 Å². The molecule has 5 heteroatoms. The number of morpholine rings is 1. The van der Waals surface area contributed by atoms with Crippen LogP contribution in [0.3, 0.4) is 0 Å². The van der Waals surface area contributed by atoms with Crippen molar-refractivity contribution in [2.24, 2.45) is 0 Å². The van der Waals surface area contributed by atoms with E-state index >= 15 is 0 Å². The Hall–Kier alpha value is -1.14. The molecule has 2 fully saturated rings. The topological polar surface area (TPSA) is 51.2 Å². The van der Waals surface area contributed by atoms with Crippen LogP contribution in [0.4, 0.5) is 0 Å². The van der Waals surface area contributed by atoms with Gasteiger partial charge in [0.15, 0.2) is 0 Å². The van der Waals surface area contributed by atoms with Gasteiger partial charge < -0.3 is 19.3 Å². The van der Waals surface area contributed by atoms with Crippen molar-refractivity contribution in [3.05, 3.63) is 29.8 Å². The maximum atomic E-state index is 10.3. The van der Waals surface area contributed by atoms with Crippen LogP contribution in [0.15, 0.2) is 24.3 Å². The van der Waals surface area contributed by atoms with Gasteiger partial charge >= 0.3 is 0 Å². The Morgan fingerprint density at radius 2 is 2.12 bits per heavy atom. The molecule has 1 aromatic rings. The summed E-state index contributed by atoms with van der Waals surface area (Å²) in [6.07, 6.45) is 5.70. The molecule has 3 rings (SSSR count). The molecule has 0 amide bonds. The number of rotatable bonds is 7. The van der Waals surface area contributed by atoms with Crippen LogP contribution in [-0.2, 0) is 16.1 Å². The van der Waals surface area contributed by atoms with E-state index in [9.17, 15) is 5.11 Å².